The summed E-state index contributed by atoms with van der Waals surface area (Å²) in [5.74, 6) is -0.408. The van der Waals surface area contributed by atoms with E-state index < -0.39 is 16.1 Å². The lowest BCUT2D eigenvalue weighted by Gasteiger charge is -2.31. The van der Waals surface area contributed by atoms with E-state index in [2.05, 4.69) is 0 Å². The zero-order valence-corrected chi connectivity index (χ0v) is 8.53. The molecule has 4 N–H and O–H groups in total. The molecule has 1 amide bonds. The van der Waals surface area contributed by atoms with Crippen LogP contribution in [-0.2, 0) is 15.0 Å². The zero-order chi connectivity index (χ0) is 10.8. The summed E-state index contributed by atoms with van der Waals surface area (Å²) in [5, 5.41) is 4.94. The van der Waals surface area contributed by atoms with Crippen LogP contribution in [0.1, 0.15) is 0 Å². The van der Waals surface area contributed by atoms with E-state index in [4.69, 9.17) is 10.9 Å². The van der Waals surface area contributed by atoms with Gasteiger partial charge in [-0.05, 0) is 0 Å². The van der Waals surface area contributed by atoms with Crippen LogP contribution in [0.4, 0.5) is 0 Å². The number of carbonyl (C=O) groups excluding carboxylic acids is 1. The van der Waals surface area contributed by atoms with Gasteiger partial charge in [-0.15, -0.1) is 0 Å². The second-order valence-electron chi connectivity index (χ2n) is 3.19. The van der Waals surface area contributed by atoms with E-state index in [9.17, 15) is 13.2 Å². The maximum atomic E-state index is 10.9. The average molecular weight is 222 g/mol. The van der Waals surface area contributed by atoms with Crippen molar-refractivity contribution < 1.29 is 13.2 Å². The lowest BCUT2D eigenvalue weighted by atomic mass is 10.3. The van der Waals surface area contributed by atoms with Crippen molar-refractivity contribution >= 4 is 16.1 Å². The normalized spacial score (nSPS) is 20.9. The van der Waals surface area contributed by atoms with Gasteiger partial charge in [0.1, 0.15) is 0 Å². The number of primary amides is 1. The number of nitrogens with two attached hydrogens (primary N) is 2. The molecule has 0 bridgehead atoms. The smallest absolute Gasteiger partial charge is 0.276 e. The highest BCUT2D eigenvalue weighted by Gasteiger charge is 2.24. The third-order valence-electron chi connectivity index (χ3n) is 2.07. The third kappa shape index (κ3) is 3.22. The van der Waals surface area contributed by atoms with Crippen molar-refractivity contribution in [3.63, 3.8) is 0 Å². The average Bonchev–Trinajstić information content (AvgIpc) is 2.02. The van der Waals surface area contributed by atoms with Gasteiger partial charge in [-0.2, -0.15) is 12.7 Å². The van der Waals surface area contributed by atoms with Crippen LogP contribution in [-0.4, -0.2) is 56.3 Å². The van der Waals surface area contributed by atoms with Crippen molar-refractivity contribution in [3.8, 4) is 0 Å². The van der Waals surface area contributed by atoms with Crippen LogP contribution in [0.2, 0.25) is 0 Å². The number of piperazine rings is 1. The van der Waals surface area contributed by atoms with E-state index in [1.165, 1.54) is 4.31 Å². The molecular weight excluding hydrogens is 208 g/mol. The van der Waals surface area contributed by atoms with Gasteiger partial charge in [0.05, 0.1) is 6.54 Å². The summed E-state index contributed by atoms with van der Waals surface area (Å²) >= 11 is 0. The van der Waals surface area contributed by atoms with Crippen molar-refractivity contribution in [2.75, 3.05) is 32.7 Å². The van der Waals surface area contributed by atoms with Crippen LogP contribution in [0.25, 0.3) is 0 Å². The molecule has 0 radical (unpaired) electrons. The summed E-state index contributed by atoms with van der Waals surface area (Å²) in [6, 6.07) is 0. The first-order chi connectivity index (χ1) is 6.39. The Kier molecular flexibility index (Phi) is 3.43. The molecule has 1 aliphatic heterocycles. The number of carbonyl (C=O) groups is 1. The third-order valence-corrected chi connectivity index (χ3v) is 3.16. The second-order valence-corrected chi connectivity index (χ2v) is 4.73. The van der Waals surface area contributed by atoms with Crippen LogP contribution in [0.3, 0.4) is 0 Å². The van der Waals surface area contributed by atoms with Crippen molar-refractivity contribution in [2.45, 2.75) is 0 Å². The van der Waals surface area contributed by atoms with Crippen LogP contribution in [0, 0.1) is 0 Å². The van der Waals surface area contributed by atoms with E-state index in [0.717, 1.165) is 0 Å². The van der Waals surface area contributed by atoms with Crippen LogP contribution >= 0.6 is 0 Å². The predicted molar refractivity (Wildman–Crippen MR) is 50.3 cm³/mol. The molecule has 8 heteroatoms. The highest BCUT2D eigenvalue weighted by atomic mass is 32.2. The minimum Gasteiger partial charge on any atom is -0.369 e. The van der Waals surface area contributed by atoms with E-state index in [1.807, 2.05) is 0 Å². The molecule has 0 aliphatic carbocycles. The zero-order valence-electron chi connectivity index (χ0n) is 7.72. The second kappa shape index (κ2) is 4.22. The highest BCUT2D eigenvalue weighted by Crippen LogP contribution is 2.03. The first-order valence-corrected chi connectivity index (χ1v) is 5.68. The van der Waals surface area contributed by atoms with E-state index >= 15 is 0 Å². The molecule has 14 heavy (non-hydrogen) atoms. The van der Waals surface area contributed by atoms with Gasteiger partial charge in [0, 0.05) is 26.2 Å². The Hall–Kier alpha value is -0.700. The first kappa shape index (κ1) is 11.4. The lowest BCUT2D eigenvalue weighted by molar-refractivity contribution is -0.119. The van der Waals surface area contributed by atoms with Crippen LogP contribution < -0.4 is 10.9 Å². The minimum atomic E-state index is -3.59. The Bertz CT molecular complexity index is 307. The van der Waals surface area contributed by atoms with E-state index in [1.54, 1.807) is 4.90 Å². The quantitative estimate of drug-likeness (QED) is 0.541. The Labute approximate surface area is 82.8 Å². The molecule has 82 valence electrons. The summed E-state index contributed by atoms with van der Waals surface area (Å²) in [6.07, 6.45) is 0. The molecule has 0 aromatic heterocycles. The molecule has 1 fully saturated rings. The molecule has 1 aliphatic rings. The van der Waals surface area contributed by atoms with Crippen molar-refractivity contribution in [1.29, 1.82) is 0 Å². The van der Waals surface area contributed by atoms with Gasteiger partial charge >= 0.3 is 0 Å². The summed E-state index contributed by atoms with van der Waals surface area (Å²) in [7, 11) is -3.59. The van der Waals surface area contributed by atoms with Gasteiger partial charge in [-0.3, -0.25) is 9.69 Å². The van der Waals surface area contributed by atoms with Crippen molar-refractivity contribution in [3.05, 3.63) is 0 Å². The number of amides is 1. The topological polar surface area (TPSA) is 110 Å². The maximum Gasteiger partial charge on any atom is 0.276 e. The monoisotopic (exact) mass is 222 g/mol. The maximum absolute atomic E-state index is 10.9. The molecule has 0 unspecified atom stereocenters. The number of nitrogens with zero attached hydrogens (tertiary/aromatic N) is 2. The van der Waals surface area contributed by atoms with Crippen molar-refractivity contribution in [2.24, 2.45) is 10.9 Å². The van der Waals surface area contributed by atoms with E-state index in [-0.39, 0.29) is 6.54 Å². The Morgan fingerprint density at radius 2 is 1.71 bits per heavy atom. The van der Waals surface area contributed by atoms with Gasteiger partial charge in [0.15, 0.2) is 0 Å². The molecule has 0 saturated carbocycles. The molecule has 7 nitrogen and oxygen atoms in total. The lowest BCUT2D eigenvalue weighted by Crippen LogP contribution is -2.52. The molecule has 1 heterocycles. The molecule has 0 aromatic carbocycles. The molecule has 0 aromatic rings. The molecule has 1 rings (SSSR count). The summed E-state index contributed by atoms with van der Waals surface area (Å²) < 4.78 is 23.0. The van der Waals surface area contributed by atoms with Gasteiger partial charge < -0.3 is 5.73 Å². The fraction of sp³-hybridized carbons (Fsp3) is 0.833. The van der Waals surface area contributed by atoms with Gasteiger partial charge in [0.25, 0.3) is 10.2 Å². The molecule has 0 spiro atoms. The standard InChI is InChI=1S/C6H14N4O3S/c7-6(11)5-9-1-3-10(4-2-9)14(8,12)13/h1-5H2,(H2,7,11)(H2,8,12,13). The predicted octanol–water partition coefficient (Wildman–Crippen LogP) is -2.71. The Morgan fingerprint density at radius 3 is 2.07 bits per heavy atom. The van der Waals surface area contributed by atoms with Crippen molar-refractivity contribution in [1.82, 2.24) is 9.21 Å². The Balaban J connectivity index is 2.43. The van der Waals surface area contributed by atoms with E-state index in [0.29, 0.717) is 26.2 Å². The SMILES string of the molecule is NC(=O)CN1CCN(S(N)(=O)=O)CC1. The molecular formula is C6H14N4O3S. The van der Waals surface area contributed by atoms with Gasteiger partial charge in [-0.1, -0.05) is 0 Å². The number of hydrogen-bond donors (Lipinski definition) is 2. The minimum absolute atomic E-state index is 0.165. The van der Waals surface area contributed by atoms with Crippen LogP contribution in [0.15, 0.2) is 0 Å². The van der Waals surface area contributed by atoms with Gasteiger partial charge in [0.2, 0.25) is 5.91 Å². The number of hydrogen-bond acceptors (Lipinski definition) is 4. The summed E-state index contributed by atoms with van der Waals surface area (Å²) in [6.45, 7) is 1.76. The van der Waals surface area contributed by atoms with Crippen LogP contribution in [0.5, 0.6) is 0 Å². The first-order valence-electron chi connectivity index (χ1n) is 4.18. The van der Waals surface area contributed by atoms with Gasteiger partial charge in [-0.25, -0.2) is 5.14 Å². The highest BCUT2D eigenvalue weighted by molar-refractivity contribution is 7.86. The summed E-state index contributed by atoms with van der Waals surface area (Å²) in [5.41, 5.74) is 5.01. The molecule has 1 saturated heterocycles. The fourth-order valence-electron chi connectivity index (χ4n) is 1.36. The fourth-order valence-corrected chi connectivity index (χ4v) is 2.03. The number of rotatable bonds is 3. The largest absolute Gasteiger partial charge is 0.369 e. The summed E-state index contributed by atoms with van der Waals surface area (Å²) in [4.78, 5) is 12.4. The Morgan fingerprint density at radius 1 is 1.21 bits per heavy atom. The molecule has 0 atom stereocenters.